The summed E-state index contributed by atoms with van der Waals surface area (Å²) in [5, 5.41) is 8.01. The van der Waals surface area contributed by atoms with Crippen LogP contribution in [0.4, 0.5) is 5.69 Å². The van der Waals surface area contributed by atoms with Crippen LogP contribution in [0.5, 0.6) is 17.4 Å². The highest BCUT2D eigenvalue weighted by molar-refractivity contribution is 6.35. The van der Waals surface area contributed by atoms with Crippen LogP contribution in [0.1, 0.15) is 5.89 Å². The molecule has 0 bridgehead atoms. The fourth-order valence-corrected chi connectivity index (χ4v) is 3.14. The molecule has 0 saturated carbocycles. The molecule has 0 atom stereocenters. The molecule has 7 nitrogen and oxygen atoms in total. The lowest BCUT2D eigenvalue weighted by Gasteiger charge is -2.12. The third-order valence-electron chi connectivity index (χ3n) is 4.11. The Balaban J connectivity index is 1.49. The Kier molecular flexibility index (Phi) is 6.02. The van der Waals surface area contributed by atoms with Crippen molar-refractivity contribution >= 4 is 28.9 Å². The minimum atomic E-state index is 0.256. The van der Waals surface area contributed by atoms with Crippen LogP contribution >= 0.6 is 23.2 Å². The summed E-state index contributed by atoms with van der Waals surface area (Å²) in [6.07, 6.45) is 1.47. The molecular weight excluding hydrogens is 427 g/mol. The summed E-state index contributed by atoms with van der Waals surface area (Å²) in [5.41, 5.74) is 1.46. The Bertz CT molecular complexity index is 1170. The molecular formula is C21H16Cl2N4O3. The van der Waals surface area contributed by atoms with Crippen LogP contribution in [0.15, 0.2) is 65.3 Å². The molecule has 2 aromatic carbocycles. The van der Waals surface area contributed by atoms with E-state index < -0.39 is 0 Å². The van der Waals surface area contributed by atoms with Crippen LogP contribution in [0.3, 0.4) is 0 Å². The molecule has 152 valence electrons. The second-order valence-electron chi connectivity index (χ2n) is 6.10. The number of halogens is 2. The number of anilines is 1. The van der Waals surface area contributed by atoms with E-state index in [-0.39, 0.29) is 5.88 Å². The van der Waals surface area contributed by atoms with Gasteiger partial charge in [0.15, 0.2) is 5.75 Å². The third-order valence-corrected chi connectivity index (χ3v) is 4.59. The highest BCUT2D eigenvalue weighted by Crippen LogP contribution is 2.33. The number of hydrogen-bond acceptors (Lipinski definition) is 7. The van der Waals surface area contributed by atoms with Crippen molar-refractivity contribution in [2.24, 2.45) is 0 Å². The lowest BCUT2D eigenvalue weighted by molar-refractivity contribution is 0.383. The second-order valence-corrected chi connectivity index (χ2v) is 6.95. The topological polar surface area (TPSA) is 82.3 Å². The fraction of sp³-hybridized carbons (Fsp3) is 0.0952. The Labute approximate surface area is 182 Å². The van der Waals surface area contributed by atoms with Crippen molar-refractivity contribution in [2.75, 3.05) is 12.4 Å². The zero-order valence-corrected chi connectivity index (χ0v) is 17.3. The van der Waals surface area contributed by atoms with Crippen molar-refractivity contribution in [2.45, 2.75) is 6.54 Å². The summed E-state index contributed by atoms with van der Waals surface area (Å²) in [7, 11) is 1.60. The van der Waals surface area contributed by atoms with Gasteiger partial charge in [0.25, 0.3) is 0 Å². The number of aromatic nitrogens is 3. The summed E-state index contributed by atoms with van der Waals surface area (Å²) in [6.45, 7) is 0.296. The van der Waals surface area contributed by atoms with Gasteiger partial charge in [-0.15, -0.1) is 0 Å². The van der Waals surface area contributed by atoms with Crippen molar-refractivity contribution < 1.29 is 14.0 Å². The van der Waals surface area contributed by atoms with Crippen LogP contribution in [0.25, 0.3) is 11.4 Å². The molecule has 1 N–H and O–H groups in total. The van der Waals surface area contributed by atoms with Crippen molar-refractivity contribution in [1.82, 2.24) is 15.1 Å². The van der Waals surface area contributed by atoms with Gasteiger partial charge in [-0.1, -0.05) is 52.6 Å². The van der Waals surface area contributed by atoms with E-state index in [0.29, 0.717) is 45.5 Å². The number of para-hydroxylation sites is 3. The molecule has 0 radical (unpaired) electrons. The zero-order chi connectivity index (χ0) is 20.9. The van der Waals surface area contributed by atoms with Crippen molar-refractivity contribution in [1.29, 1.82) is 0 Å². The highest BCUT2D eigenvalue weighted by Gasteiger charge is 2.14. The average molecular weight is 443 g/mol. The molecule has 0 saturated heterocycles. The van der Waals surface area contributed by atoms with Gasteiger partial charge < -0.3 is 19.3 Å². The molecule has 2 heterocycles. The first-order chi connectivity index (χ1) is 14.6. The number of benzene rings is 2. The molecule has 9 heteroatoms. The monoisotopic (exact) mass is 442 g/mol. The Morgan fingerprint density at radius 1 is 1.03 bits per heavy atom. The Hall–Kier alpha value is -3.29. The average Bonchev–Trinajstić information content (AvgIpc) is 3.24. The quantitative estimate of drug-likeness (QED) is 0.384. The van der Waals surface area contributed by atoms with Gasteiger partial charge in [-0.05, 0) is 30.3 Å². The minimum Gasteiger partial charge on any atom is -0.496 e. The maximum atomic E-state index is 6.15. The predicted octanol–water partition coefficient (Wildman–Crippen LogP) is 5.85. The van der Waals surface area contributed by atoms with E-state index in [0.717, 1.165) is 5.56 Å². The summed E-state index contributed by atoms with van der Waals surface area (Å²) in [4.78, 5) is 8.55. The first-order valence-electron chi connectivity index (χ1n) is 8.92. The molecule has 0 amide bonds. The fourth-order valence-electron chi connectivity index (χ4n) is 2.72. The maximum Gasteiger partial charge on any atom is 0.246 e. The largest absolute Gasteiger partial charge is 0.496 e. The first kappa shape index (κ1) is 20.0. The van der Waals surface area contributed by atoms with Crippen LogP contribution in [0, 0.1) is 0 Å². The third kappa shape index (κ3) is 4.48. The number of hydrogen-bond donors (Lipinski definition) is 1. The number of ether oxygens (including phenoxy) is 2. The zero-order valence-electron chi connectivity index (χ0n) is 15.8. The van der Waals surface area contributed by atoms with Gasteiger partial charge in [0.1, 0.15) is 10.8 Å². The summed E-state index contributed by atoms with van der Waals surface area (Å²) >= 11 is 12.0. The van der Waals surface area contributed by atoms with E-state index in [2.05, 4.69) is 20.4 Å². The molecule has 0 aliphatic rings. The number of pyridine rings is 1. The van der Waals surface area contributed by atoms with Gasteiger partial charge in [0.05, 0.1) is 29.9 Å². The van der Waals surface area contributed by atoms with Crippen LogP contribution < -0.4 is 14.8 Å². The summed E-state index contributed by atoms with van der Waals surface area (Å²) in [5.74, 6) is 2.33. The van der Waals surface area contributed by atoms with E-state index in [4.69, 9.17) is 37.2 Å². The maximum absolute atomic E-state index is 6.15. The molecule has 0 aliphatic heterocycles. The van der Waals surface area contributed by atoms with E-state index >= 15 is 0 Å². The van der Waals surface area contributed by atoms with E-state index in [9.17, 15) is 0 Å². The van der Waals surface area contributed by atoms with Crippen LogP contribution in [0.2, 0.25) is 10.0 Å². The molecule has 2 aromatic heterocycles. The first-order valence-corrected chi connectivity index (χ1v) is 9.67. The van der Waals surface area contributed by atoms with Crippen molar-refractivity contribution in [3.05, 3.63) is 76.7 Å². The molecule has 4 aromatic rings. The van der Waals surface area contributed by atoms with Gasteiger partial charge in [-0.25, -0.2) is 4.98 Å². The smallest absolute Gasteiger partial charge is 0.246 e. The normalized spacial score (nSPS) is 10.6. The molecule has 0 fully saturated rings. The van der Waals surface area contributed by atoms with Gasteiger partial charge in [0.2, 0.25) is 17.6 Å². The molecule has 30 heavy (non-hydrogen) atoms. The number of rotatable bonds is 7. The molecule has 0 aliphatic carbocycles. The van der Waals surface area contributed by atoms with Gasteiger partial charge in [-0.2, -0.15) is 4.98 Å². The lowest BCUT2D eigenvalue weighted by atomic mass is 10.2. The van der Waals surface area contributed by atoms with Crippen LogP contribution in [-0.4, -0.2) is 22.2 Å². The van der Waals surface area contributed by atoms with Crippen molar-refractivity contribution in [3.8, 4) is 28.8 Å². The molecule has 0 spiro atoms. The Morgan fingerprint density at radius 2 is 1.80 bits per heavy atom. The van der Waals surface area contributed by atoms with Gasteiger partial charge >= 0.3 is 0 Å². The van der Waals surface area contributed by atoms with E-state index in [1.165, 1.54) is 6.20 Å². The number of nitrogens with one attached hydrogen (secondary N) is 1. The van der Waals surface area contributed by atoms with Gasteiger partial charge in [-0.3, -0.25) is 0 Å². The van der Waals surface area contributed by atoms with E-state index in [1.54, 1.807) is 19.2 Å². The van der Waals surface area contributed by atoms with E-state index in [1.807, 2.05) is 42.5 Å². The summed E-state index contributed by atoms with van der Waals surface area (Å²) < 4.78 is 16.6. The lowest BCUT2D eigenvalue weighted by Crippen LogP contribution is -2.02. The number of nitrogens with zero attached hydrogens (tertiary/aromatic N) is 3. The SMILES string of the molecule is COc1ccccc1-c1noc(CNc2ccccc2Oc2ncc(Cl)cc2Cl)n1. The minimum absolute atomic E-state index is 0.256. The number of methoxy groups -OCH3 is 1. The summed E-state index contributed by atoms with van der Waals surface area (Å²) in [6, 6.07) is 16.4. The van der Waals surface area contributed by atoms with Crippen LogP contribution in [-0.2, 0) is 6.54 Å². The van der Waals surface area contributed by atoms with Crippen molar-refractivity contribution in [3.63, 3.8) is 0 Å². The molecule has 4 rings (SSSR count). The Morgan fingerprint density at radius 3 is 2.60 bits per heavy atom. The second kappa shape index (κ2) is 9.02. The predicted molar refractivity (Wildman–Crippen MR) is 114 cm³/mol. The standard InChI is InChI=1S/C21H16Cl2N4O3/c1-28-17-8-4-2-6-14(17)20-26-19(30-27-20)12-24-16-7-3-5-9-18(16)29-21-15(23)10-13(22)11-25-21/h2-11,24H,12H2,1H3. The van der Waals surface area contributed by atoms with Gasteiger partial charge in [0, 0.05) is 6.20 Å². The highest BCUT2D eigenvalue weighted by atomic mass is 35.5. The molecule has 0 unspecified atom stereocenters.